The van der Waals surface area contributed by atoms with Crippen molar-refractivity contribution in [3.05, 3.63) is 70.1 Å². The van der Waals surface area contributed by atoms with E-state index in [1.54, 1.807) is 6.21 Å². The summed E-state index contributed by atoms with van der Waals surface area (Å²) in [7, 11) is 0. The Morgan fingerprint density at radius 3 is 1.94 bits per heavy atom. The second-order valence-corrected chi connectivity index (χ2v) is 8.42. The summed E-state index contributed by atoms with van der Waals surface area (Å²) in [6.07, 6.45) is 3.42. The summed E-state index contributed by atoms with van der Waals surface area (Å²) < 4.78 is 5.92. The smallest absolute Gasteiger partial charge is 0.211 e. The molecule has 0 saturated carbocycles. The number of benzene rings is 2. The maximum Gasteiger partial charge on any atom is 0.211 e. The predicted molar refractivity (Wildman–Crippen MR) is 136 cm³/mol. The third-order valence-corrected chi connectivity index (χ3v) is 5.55. The summed E-state index contributed by atoms with van der Waals surface area (Å²) in [5, 5.41) is 13.4. The molecule has 0 saturated heterocycles. The molecule has 0 amide bonds. The second-order valence-electron chi connectivity index (χ2n) is 8.42. The van der Waals surface area contributed by atoms with E-state index in [4.69, 9.17) is 9.73 Å². The number of aryl methyl sites for hydroxylation is 2. The maximum absolute atomic E-state index is 9.97. The van der Waals surface area contributed by atoms with Gasteiger partial charge in [-0.2, -0.15) is 5.26 Å². The van der Waals surface area contributed by atoms with E-state index in [1.807, 2.05) is 6.92 Å². The number of aliphatic imine (C=N–C) groups is 1. The largest absolute Gasteiger partial charge is 0.478 e. The highest BCUT2D eigenvalue weighted by Gasteiger charge is 2.17. The van der Waals surface area contributed by atoms with Gasteiger partial charge in [0.05, 0.1) is 18.5 Å². The fraction of sp³-hybridized carbons (Fsp3) is 0.429. The Kier molecular flexibility index (Phi) is 9.53. The quantitative estimate of drug-likeness (QED) is 0.239. The first-order valence-corrected chi connectivity index (χ1v) is 11.7. The molecule has 0 bridgehead atoms. The molecule has 0 aliphatic rings. The molecule has 4 nitrogen and oxygen atoms in total. The van der Waals surface area contributed by atoms with Crippen LogP contribution in [-0.4, -0.2) is 12.8 Å². The van der Waals surface area contributed by atoms with Crippen molar-refractivity contribution < 1.29 is 4.74 Å². The summed E-state index contributed by atoms with van der Waals surface area (Å²) in [4.78, 5) is 4.75. The van der Waals surface area contributed by atoms with Gasteiger partial charge in [0.2, 0.25) is 5.88 Å². The molecule has 2 rings (SSSR count). The number of nitrogens with zero attached hydrogens (tertiary/aromatic N) is 2. The predicted octanol–water partition coefficient (Wildman–Crippen LogP) is 7.64. The van der Waals surface area contributed by atoms with Crippen molar-refractivity contribution in [2.75, 3.05) is 11.9 Å². The van der Waals surface area contributed by atoms with Gasteiger partial charge in [0, 0.05) is 5.69 Å². The van der Waals surface area contributed by atoms with Crippen LogP contribution in [0.4, 0.5) is 11.4 Å². The summed E-state index contributed by atoms with van der Waals surface area (Å²) in [5.74, 6) is 1.12. The summed E-state index contributed by atoms with van der Waals surface area (Å²) >= 11 is 0. The van der Waals surface area contributed by atoms with Crippen LogP contribution in [0, 0.1) is 11.3 Å². The molecular formula is C28H37N3O. The van der Waals surface area contributed by atoms with Gasteiger partial charge in [0.25, 0.3) is 0 Å². The van der Waals surface area contributed by atoms with Crippen LogP contribution < -0.4 is 5.32 Å². The molecule has 2 aromatic carbocycles. The minimum atomic E-state index is 0.335. The standard InChI is InChI=1S/C28H37N3O/c1-8-21-13-11-14-22(9-2)26(21)30-18-23(17-29)28(32-10-3)31-27-24(19(4)5)15-12-16-25(27)20(6)7/h11-16,18-20,31H,8-10H2,1-7H3/b28-23+,30-18?. The van der Waals surface area contributed by atoms with Crippen molar-refractivity contribution in [1.82, 2.24) is 0 Å². The van der Waals surface area contributed by atoms with Gasteiger partial charge in [-0.3, -0.25) is 4.99 Å². The van der Waals surface area contributed by atoms with Crippen molar-refractivity contribution in [2.45, 2.75) is 73.1 Å². The SMILES string of the molecule is CCO/C(Nc1c(C(C)C)cccc1C(C)C)=C(\C#N)C=Nc1c(CC)cccc1CC. The molecule has 0 unspecified atom stereocenters. The van der Waals surface area contributed by atoms with Crippen LogP contribution in [0.25, 0.3) is 0 Å². The van der Waals surface area contributed by atoms with Gasteiger partial charge in [-0.05, 0) is 53.9 Å². The van der Waals surface area contributed by atoms with E-state index < -0.39 is 0 Å². The molecular weight excluding hydrogens is 394 g/mol. The Morgan fingerprint density at radius 2 is 1.50 bits per heavy atom. The number of nitriles is 1. The van der Waals surface area contributed by atoms with Crippen LogP contribution >= 0.6 is 0 Å². The highest BCUT2D eigenvalue weighted by Crippen LogP contribution is 2.34. The van der Waals surface area contributed by atoms with E-state index in [0.717, 1.165) is 24.2 Å². The zero-order chi connectivity index (χ0) is 23.7. The third-order valence-electron chi connectivity index (χ3n) is 5.55. The van der Waals surface area contributed by atoms with Gasteiger partial charge < -0.3 is 10.1 Å². The van der Waals surface area contributed by atoms with Crippen molar-refractivity contribution >= 4 is 17.6 Å². The van der Waals surface area contributed by atoms with Gasteiger partial charge in [-0.1, -0.05) is 77.9 Å². The molecule has 0 heterocycles. The highest BCUT2D eigenvalue weighted by molar-refractivity contribution is 5.88. The average molecular weight is 432 g/mol. The molecule has 0 radical (unpaired) electrons. The molecule has 0 aromatic heterocycles. The number of hydrogen-bond acceptors (Lipinski definition) is 4. The molecule has 0 spiro atoms. The van der Waals surface area contributed by atoms with E-state index in [-0.39, 0.29) is 0 Å². The topological polar surface area (TPSA) is 57.4 Å². The number of allylic oxidation sites excluding steroid dienone is 1. The molecule has 2 aromatic rings. The molecule has 0 fully saturated rings. The molecule has 0 atom stereocenters. The van der Waals surface area contributed by atoms with Crippen LogP contribution in [0.3, 0.4) is 0 Å². The van der Waals surface area contributed by atoms with Crippen LogP contribution in [0.15, 0.2) is 52.8 Å². The number of anilines is 1. The molecule has 170 valence electrons. The lowest BCUT2D eigenvalue weighted by Crippen LogP contribution is -2.12. The molecule has 0 aliphatic carbocycles. The third kappa shape index (κ3) is 6.01. The van der Waals surface area contributed by atoms with E-state index in [1.165, 1.54) is 22.3 Å². The first kappa shape index (κ1) is 25.2. The van der Waals surface area contributed by atoms with Gasteiger partial charge >= 0.3 is 0 Å². The summed E-state index contributed by atoms with van der Waals surface area (Å²) in [6, 6.07) is 14.9. The van der Waals surface area contributed by atoms with Crippen molar-refractivity contribution in [3.8, 4) is 6.07 Å². The van der Waals surface area contributed by atoms with Crippen LogP contribution in [-0.2, 0) is 17.6 Å². The Morgan fingerprint density at radius 1 is 0.969 bits per heavy atom. The molecule has 0 aliphatic heterocycles. The first-order valence-electron chi connectivity index (χ1n) is 11.7. The Labute approximate surface area is 194 Å². The van der Waals surface area contributed by atoms with Gasteiger partial charge in [0.1, 0.15) is 11.6 Å². The van der Waals surface area contributed by atoms with Gasteiger partial charge in [-0.25, -0.2) is 0 Å². The van der Waals surface area contributed by atoms with Crippen LogP contribution in [0.2, 0.25) is 0 Å². The Bertz CT molecular complexity index is 961. The number of nitrogens with one attached hydrogen (secondary N) is 1. The highest BCUT2D eigenvalue weighted by atomic mass is 16.5. The minimum absolute atomic E-state index is 0.335. The lowest BCUT2D eigenvalue weighted by atomic mass is 9.92. The second kappa shape index (κ2) is 12.1. The molecule has 4 heteroatoms. The van der Waals surface area contributed by atoms with Crippen LogP contribution in [0.1, 0.15) is 82.6 Å². The van der Waals surface area contributed by atoms with Crippen molar-refractivity contribution in [3.63, 3.8) is 0 Å². The Hall–Kier alpha value is -3.06. The number of hydrogen-bond donors (Lipinski definition) is 1. The summed E-state index contributed by atoms with van der Waals surface area (Å²) in [5.41, 5.74) is 7.11. The zero-order valence-corrected chi connectivity index (χ0v) is 20.6. The lowest BCUT2D eigenvalue weighted by molar-refractivity contribution is 0.234. The lowest BCUT2D eigenvalue weighted by Gasteiger charge is -2.22. The average Bonchev–Trinajstić information content (AvgIpc) is 2.79. The fourth-order valence-corrected chi connectivity index (χ4v) is 3.78. The van der Waals surface area contributed by atoms with E-state index in [2.05, 4.69) is 89.3 Å². The normalized spacial score (nSPS) is 12.2. The van der Waals surface area contributed by atoms with E-state index >= 15 is 0 Å². The van der Waals surface area contributed by atoms with E-state index in [9.17, 15) is 5.26 Å². The fourth-order valence-electron chi connectivity index (χ4n) is 3.78. The minimum Gasteiger partial charge on any atom is -0.478 e. The number of ether oxygens (including phenoxy) is 1. The molecule has 32 heavy (non-hydrogen) atoms. The van der Waals surface area contributed by atoms with Gasteiger partial charge in [0.15, 0.2) is 0 Å². The Balaban J connectivity index is 2.59. The number of para-hydroxylation sites is 2. The van der Waals surface area contributed by atoms with Crippen molar-refractivity contribution in [2.24, 2.45) is 4.99 Å². The van der Waals surface area contributed by atoms with Gasteiger partial charge in [-0.15, -0.1) is 0 Å². The van der Waals surface area contributed by atoms with Crippen LogP contribution in [0.5, 0.6) is 0 Å². The van der Waals surface area contributed by atoms with E-state index in [0.29, 0.717) is 29.9 Å². The monoisotopic (exact) mass is 431 g/mol. The maximum atomic E-state index is 9.97. The molecule has 1 N–H and O–H groups in total. The first-order chi connectivity index (χ1) is 15.4. The van der Waals surface area contributed by atoms with Crippen molar-refractivity contribution in [1.29, 1.82) is 5.26 Å². The zero-order valence-electron chi connectivity index (χ0n) is 20.6. The number of rotatable bonds is 10. The summed E-state index contributed by atoms with van der Waals surface area (Å²) in [6.45, 7) is 15.3.